The van der Waals surface area contributed by atoms with E-state index in [0.717, 1.165) is 11.1 Å². The van der Waals surface area contributed by atoms with Crippen LogP contribution >= 0.6 is 0 Å². The molecule has 0 spiro atoms. The summed E-state index contributed by atoms with van der Waals surface area (Å²) >= 11 is 0. The van der Waals surface area contributed by atoms with Gasteiger partial charge in [0, 0.05) is 52.6 Å². The molecule has 4 rings (SSSR count). The predicted molar refractivity (Wildman–Crippen MR) is 208 cm³/mol. The number of methoxy groups -OCH3 is 6. The molecule has 0 unspecified atom stereocenters. The van der Waals surface area contributed by atoms with Crippen LogP contribution in [-0.4, -0.2) is 105 Å². The van der Waals surface area contributed by atoms with E-state index in [4.69, 9.17) is 43.6 Å². The van der Waals surface area contributed by atoms with E-state index in [1.54, 1.807) is 50.8 Å². The first-order valence-corrected chi connectivity index (χ1v) is 16.5. The first-order valence-electron chi connectivity index (χ1n) is 16.5. The van der Waals surface area contributed by atoms with Crippen LogP contribution in [0.3, 0.4) is 0 Å². The summed E-state index contributed by atoms with van der Waals surface area (Å²) in [5.41, 5.74) is 9.13. The Morgan fingerprint density at radius 3 is 1.48 bits per heavy atom. The van der Waals surface area contributed by atoms with Gasteiger partial charge in [0.2, 0.25) is 6.41 Å². The molecule has 0 saturated carbocycles. The summed E-state index contributed by atoms with van der Waals surface area (Å²) in [7, 11) is 16.4. The molecular formula is C40H52N4O10. The van der Waals surface area contributed by atoms with Gasteiger partial charge in [0.15, 0.2) is 23.0 Å². The van der Waals surface area contributed by atoms with Gasteiger partial charge >= 0.3 is 11.9 Å². The van der Waals surface area contributed by atoms with Crippen LogP contribution in [0.2, 0.25) is 0 Å². The molecule has 0 amide bonds. The fourth-order valence-corrected chi connectivity index (χ4v) is 4.50. The van der Waals surface area contributed by atoms with Gasteiger partial charge in [-0.2, -0.15) is 0 Å². The van der Waals surface area contributed by atoms with Gasteiger partial charge in [-0.3, -0.25) is 4.90 Å². The number of nitrogens with two attached hydrogens (primary N) is 1. The highest BCUT2D eigenvalue weighted by molar-refractivity contribution is 5.97. The second-order valence-corrected chi connectivity index (χ2v) is 11.6. The topological polar surface area (TPSA) is 153 Å². The zero-order valence-electron chi connectivity index (χ0n) is 32.7. The first kappa shape index (κ1) is 44.3. The Labute approximate surface area is 317 Å². The number of nitrogens with zero attached hydrogens (tertiary/aromatic N) is 3. The highest BCUT2D eigenvalue weighted by Gasteiger charge is 2.18. The molecule has 0 heterocycles. The van der Waals surface area contributed by atoms with E-state index < -0.39 is 11.9 Å². The van der Waals surface area contributed by atoms with Gasteiger partial charge in [-0.25, -0.2) is 14.6 Å². The van der Waals surface area contributed by atoms with Crippen LogP contribution in [0.1, 0.15) is 31.8 Å². The normalized spacial score (nSPS) is 10.4. The maximum Gasteiger partial charge on any atom is 0.340 e. The summed E-state index contributed by atoms with van der Waals surface area (Å²) in [6, 6.07) is 25.8. The van der Waals surface area contributed by atoms with Gasteiger partial charge in [0.25, 0.3) is 0 Å². The van der Waals surface area contributed by atoms with Crippen molar-refractivity contribution in [1.82, 2.24) is 9.80 Å². The molecule has 0 aliphatic heterocycles. The number of rotatable bonds is 15. The van der Waals surface area contributed by atoms with Gasteiger partial charge in [-0.05, 0) is 25.2 Å². The fraction of sp³-hybridized carbons (Fsp3) is 0.325. The number of ether oxygens (including phenoxy) is 8. The summed E-state index contributed by atoms with van der Waals surface area (Å²) in [6.07, 6.45) is 1.39. The largest absolute Gasteiger partial charge is 0.493 e. The van der Waals surface area contributed by atoms with Crippen LogP contribution in [0.5, 0.6) is 23.0 Å². The van der Waals surface area contributed by atoms with Crippen molar-refractivity contribution in [1.29, 1.82) is 0 Å². The third-order valence-corrected chi connectivity index (χ3v) is 7.16. The zero-order chi connectivity index (χ0) is 40.0. The summed E-state index contributed by atoms with van der Waals surface area (Å²) in [6.45, 7) is 0.722. The summed E-state index contributed by atoms with van der Waals surface area (Å²) < 4.78 is 41.4. The number of anilines is 1. The van der Waals surface area contributed by atoms with Crippen LogP contribution in [0.15, 0.2) is 89.9 Å². The summed E-state index contributed by atoms with van der Waals surface area (Å²) in [4.78, 5) is 31.7. The van der Waals surface area contributed by atoms with E-state index >= 15 is 0 Å². The fourth-order valence-electron chi connectivity index (χ4n) is 4.50. The quantitative estimate of drug-likeness (QED) is 0.0494. The number of hydrogen-bond donors (Lipinski definition) is 1. The minimum atomic E-state index is -0.514. The van der Waals surface area contributed by atoms with Gasteiger partial charge in [0.05, 0.1) is 57.3 Å². The van der Waals surface area contributed by atoms with Crippen molar-refractivity contribution in [2.45, 2.75) is 19.6 Å². The van der Waals surface area contributed by atoms with E-state index in [0.29, 0.717) is 47.5 Å². The average molecular weight is 749 g/mol. The van der Waals surface area contributed by atoms with Crippen LogP contribution in [-0.2, 0) is 32.2 Å². The maximum atomic E-state index is 12.1. The number of aliphatic imine (C=N–C) groups is 1. The molecule has 0 fully saturated rings. The molecule has 292 valence electrons. The van der Waals surface area contributed by atoms with E-state index in [1.165, 1.54) is 27.4 Å². The Kier molecular flexibility index (Phi) is 19.4. The van der Waals surface area contributed by atoms with Crippen molar-refractivity contribution in [3.63, 3.8) is 0 Å². The lowest BCUT2D eigenvalue weighted by Gasteiger charge is -2.19. The van der Waals surface area contributed by atoms with Gasteiger partial charge in [-0.1, -0.05) is 60.7 Å². The molecule has 14 nitrogen and oxygen atoms in total. The summed E-state index contributed by atoms with van der Waals surface area (Å²) in [5, 5.41) is 0. The molecule has 4 aromatic carbocycles. The third kappa shape index (κ3) is 14.3. The van der Waals surface area contributed by atoms with Crippen molar-refractivity contribution in [2.24, 2.45) is 4.99 Å². The molecule has 0 aliphatic carbocycles. The molecule has 2 N–H and O–H groups in total. The van der Waals surface area contributed by atoms with Crippen LogP contribution in [0, 0.1) is 0 Å². The number of hydrogen-bond acceptors (Lipinski definition) is 13. The Balaban J connectivity index is 0.000000314. The predicted octanol–water partition coefficient (Wildman–Crippen LogP) is 6.05. The second-order valence-electron chi connectivity index (χ2n) is 11.6. The Morgan fingerprint density at radius 2 is 1.09 bits per heavy atom. The highest BCUT2D eigenvalue weighted by atomic mass is 16.7. The smallest absolute Gasteiger partial charge is 0.340 e. The van der Waals surface area contributed by atoms with Crippen molar-refractivity contribution in [3.8, 4) is 23.0 Å². The lowest BCUT2D eigenvalue weighted by Crippen LogP contribution is -2.30. The second kappa shape index (κ2) is 23.7. The molecule has 0 radical (unpaired) electrons. The number of benzene rings is 4. The van der Waals surface area contributed by atoms with Gasteiger partial charge in [-0.15, -0.1) is 0 Å². The Morgan fingerprint density at radius 1 is 0.648 bits per heavy atom. The van der Waals surface area contributed by atoms with Crippen LogP contribution in [0.4, 0.5) is 11.4 Å². The standard InChI is InChI=1S/C19H22N2O4.C16H17NO4.C5H13NO2/c1-21(2)13-20-16-11-17(23-3)18(10-15(16)19(22)24-4)25-12-14-8-6-5-7-9-14;1-19-14-9-13(17)12(16(18)20-2)8-15(14)21-10-11-6-4-3-5-7-11;1-6(2)5(7-3)8-4/h5-11,13H,12H2,1-4H3;3-9H,10,17H2,1-2H3;5H,1-4H3. The number of carbonyl (C=O) groups is 2. The average Bonchev–Trinajstić information content (AvgIpc) is 3.19. The number of carbonyl (C=O) groups excluding carboxylic acids is 2. The lowest BCUT2D eigenvalue weighted by atomic mass is 10.1. The van der Waals surface area contributed by atoms with Crippen LogP contribution < -0.4 is 24.7 Å². The van der Waals surface area contributed by atoms with Gasteiger partial charge < -0.3 is 48.5 Å². The zero-order valence-corrected chi connectivity index (χ0v) is 32.7. The van der Waals surface area contributed by atoms with E-state index in [2.05, 4.69) is 4.99 Å². The van der Waals surface area contributed by atoms with E-state index in [1.807, 2.05) is 93.8 Å². The van der Waals surface area contributed by atoms with E-state index in [9.17, 15) is 9.59 Å². The maximum absolute atomic E-state index is 12.1. The highest BCUT2D eigenvalue weighted by Crippen LogP contribution is 2.36. The Hall–Kier alpha value is -5.83. The number of esters is 2. The monoisotopic (exact) mass is 748 g/mol. The molecule has 0 atom stereocenters. The first-order chi connectivity index (χ1) is 25.9. The van der Waals surface area contributed by atoms with Crippen molar-refractivity contribution < 1.29 is 47.5 Å². The van der Waals surface area contributed by atoms with Gasteiger partial charge in [0.1, 0.15) is 13.2 Å². The Bertz CT molecular complexity index is 1750. The summed E-state index contributed by atoms with van der Waals surface area (Å²) in [5.74, 6) is 0.856. The minimum Gasteiger partial charge on any atom is -0.493 e. The molecule has 0 saturated heterocycles. The van der Waals surface area contributed by atoms with E-state index in [-0.39, 0.29) is 17.7 Å². The SMILES string of the molecule is COC(=O)c1cc(OCc2ccccc2)c(OC)cc1N.COC(=O)c1cc(OCc2ccccc2)c(OC)cc1N=CN(C)C.COC(OC)N(C)C. The molecule has 0 bridgehead atoms. The van der Waals surface area contributed by atoms with Crippen molar-refractivity contribution in [2.75, 3.05) is 76.6 Å². The van der Waals surface area contributed by atoms with Crippen molar-refractivity contribution >= 4 is 29.7 Å². The van der Waals surface area contributed by atoms with Crippen LogP contribution in [0.25, 0.3) is 0 Å². The molecule has 4 aromatic rings. The minimum absolute atomic E-state index is 0.213. The van der Waals surface area contributed by atoms with Crippen molar-refractivity contribution in [3.05, 3.63) is 107 Å². The lowest BCUT2D eigenvalue weighted by molar-refractivity contribution is -0.179. The molecule has 14 heteroatoms. The molecule has 54 heavy (non-hydrogen) atoms. The molecular weight excluding hydrogens is 696 g/mol. The number of nitrogen functional groups attached to an aromatic ring is 1. The third-order valence-electron chi connectivity index (χ3n) is 7.16. The molecule has 0 aromatic heterocycles. The molecule has 0 aliphatic rings.